The Morgan fingerprint density at radius 2 is 2.10 bits per heavy atom. The first kappa shape index (κ1) is 18.7. The van der Waals surface area contributed by atoms with Crippen molar-refractivity contribution >= 4 is 34.7 Å². The molecule has 0 spiro atoms. The minimum absolute atomic E-state index is 0.0702. The smallest absolute Gasteiger partial charge is 0.338 e. The van der Waals surface area contributed by atoms with Crippen LogP contribution in [0.2, 0.25) is 0 Å². The Balaban J connectivity index is 1.94. The van der Waals surface area contributed by atoms with Crippen LogP contribution in [0.3, 0.4) is 0 Å². The van der Waals surface area contributed by atoms with Gasteiger partial charge in [-0.25, -0.2) is 14.2 Å². The monoisotopic (exact) mass is 414 g/mol. The van der Waals surface area contributed by atoms with Gasteiger partial charge in [-0.05, 0) is 35.2 Å². The summed E-state index contributed by atoms with van der Waals surface area (Å²) in [6.07, 6.45) is 0.718. The first-order valence-electron chi connectivity index (χ1n) is 8.46. The molecule has 0 bridgehead atoms. The van der Waals surface area contributed by atoms with Crippen molar-refractivity contribution in [1.82, 2.24) is 4.98 Å². The number of carboxylic acids is 1. The molecule has 0 fully saturated rings. The van der Waals surface area contributed by atoms with Crippen LogP contribution in [0.4, 0.5) is 15.9 Å². The van der Waals surface area contributed by atoms with E-state index in [1.165, 1.54) is 34.6 Å². The molecule has 1 aliphatic heterocycles. The van der Waals surface area contributed by atoms with Gasteiger partial charge in [0.25, 0.3) is 0 Å². The standard InChI is InChI=1S/C19H15FN4O4S/c20-11-4-3-9(8-12(11)25)14(16(21)26)24-15-10(19(27)28)5-6-22-17(15)23-18(24)13-2-1-7-29-13/h1-8,14,18,25H,(H2,21,26)(H,22,23)(H,27,28). The zero-order valence-electron chi connectivity index (χ0n) is 14.7. The second-order valence-electron chi connectivity index (χ2n) is 6.35. The highest BCUT2D eigenvalue weighted by Crippen LogP contribution is 2.48. The van der Waals surface area contributed by atoms with Gasteiger partial charge in [0.15, 0.2) is 17.4 Å². The number of fused-ring (bicyclic) bond motifs is 1. The molecule has 8 nitrogen and oxygen atoms in total. The average Bonchev–Trinajstić information content (AvgIpc) is 3.32. The van der Waals surface area contributed by atoms with Crippen LogP contribution in [0, 0.1) is 5.82 Å². The Bertz CT molecular complexity index is 1110. The molecule has 5 N–H and O–H groups in total. The van der Waals surface area contributed by atoms with E-state index in [1.807, 2.05) is 17.5 Å². The number of hydrogen-bond donors (Lipinski definition) is 4. The van der Waals surface area contributed by atoms with Gasteiger partial charge in [0.05, 0.1) is 11.3 Å². The molecule has 148 valence electrons. The Labute approximate surface area is 168 Å². The van der Waals surface area contributed by atoms with Gasteiger partial charge in [0.2, 0.25) is 5.91 Å². The number of hydrogen-bond acceptors (Lipinski definition) is 7. The number of carboxylic acid groups (broad SMARTS) is 1. The molecule has 0 saturated heterocycles. The number of halogens is 1. The van der Waals surface area contributed by atoms with Crippen molar-refractivity contribution in [3.8, 4) is 5.75 Å². The number of rotatable bonds is 5. The van der Waals surface area contributed by atoms with E-state index in [0.717, 1.165) is 17.0 Å². The molecule has 2 unspecified atom stereocenters. The fourth-order valence-electron chi connectivity index (χ4n) is 3.42. The van der Waals surface area contributed by atoms with Gasteiger partial charge in [-0.2, -0.15) is 0 Å². The van der Waals surface area contributed by atoms with Crippen molar-refractivity contribution in [2.45, 2.75) is 12.2 Å². The van der Waals surface area contributed by atoms with Crippen LogP contribution in [-0.4, -0.2) is 27.1 Å². The molecule has 0 radical (unpaired) electrons. The molecule has 29 heavy (non-hydrogen) atoms. The zero-order valence-corrected chi connectivity index (χ0v) is 15.6. The van der Waals surface area contributed by atoms with Gasteiger partial charge in [-0.3, -0.25) is 4.79 Å². The third-order valence-electron chi connectivity index (χ3n) is 4.61. The van der Waals surface area contributed by atoms with Gasteiger partial charge in [0.1, 0.15) is 12.2 Å². The molecule has 0 aliphatic carbocycles. The average molecular weight is 414 g/mol. The number of carbonyl (C=O) groups is 2. The summed E-state index contributed by atoms with van der Waals surface area (Å²) < 4.78 is 13.6. The number of carbonyl (C=O) groups excluding carboxylic acids is 1. The number of benzene rings is 1. The minimum Gasteiger partial charge on any atom is -0.505 e. The maximum atomic E-state index is 13.6. The molecule has 1 amide bonds. The van der Waals surface area contributed by atoms with Crippen LogP contribution in [0.1, 0.15) is 33.0 Å². The van der Waals surface area contributed by atoms with E-state index < -0.39 is 35.7 Å². The molecule has 3 heterocycles. The number of pyridine rings is 1. The van der Waals surface area contributed by atoms with Crippen molar-refractivity contribution in [1.29, 1.82) is 0 Å². The van der Waals surface area contributed by atoms with E-state index in [-0.39, 0.29) is 22.6 Å². The fourth-order valence-corrected chi connectivity index (χ4v) is 4.19. The van der Waals surface area contributed by atoms with Crippen molar-refractivity contribution in [2.75, 3.05) is 10.2 Å². The largest absolute Gasteiger partial charge is 0.505 e. The van der Waals surface area contributed by atoms with Crippen molar-refractivity contribution in [2.24, 2.45) is 5.73 Å². The summed E-state index contributed by atoms with van der Waals surface area (Å²) in [4.78, 5) is 30.8. The van der Waals surface area contributed by atoms with Gasteiger partial charge >= 0.3 is 5.97 Å². The normalized spacial score (nSPS) is 16.2. The maximum absolute atomic E-state index is 13.6. The summed E-state index contributed by atoms with van der Waals surface area (Å²) in [5.41, 5.74) is 6.02. The van der Waals surface area contributed by atoms with E-state index >= 15 is 0 Å². The maximum Gasteiger partial charge on any atom is 0.338 e. The van der Waals surface area contributed by atoms with Gasteiger partial charge in [-0.1, -0.05) is 12.1 Å². The third kappa shape index (κ3) is 3.13. The van der Waals surface area contributed by atoms with E-state index in [9.17, 15) is 24.2 Å². The number of nitrogens with zero attached hydrogens (tertiary/aromatic N) is 2. The van der Waals surface area contributed by atoms with E-state index in [4.69, 9.17) is 5.73 Å². The molecule has 2 aromatic heterocycles. The predicted molar refractivity (Wildman–Crippen MR) is 104 cm³/mol. The highest BCUT2D eigenvalue weighted by Gasteiger charge is 2.42. The molecule has 3 aromatic rings. The van der Waals surface area contributed by atoms with E-state index in [2.05, 4.69) is 10.3 Å². The predicted octanol–water partition coefficient (Wildman–Crippen LogP) is 2.84. The molecule has 10 heteroatoms. The lowest BCUT2D eigenvalue weighted by Crippen LogP contribution is -2.40. The number of amides is 1. The Hall–Kier alpha value is -3.66. The van der Waals surface area contributed by atoms with Crippen molar-refractivity contribution in [3.05, 3.63) is 69.8 Å². The van der Waals surface area contributed by atoms with E-state index in [1.54, 1.807) is 0 Å². The molecule has 1 aromatic carbocycles. The second-order valence-corrected chi connectivity index (χ2v) is 7.33. The molecule has 0 saturated carbocycles. The van der Waals surface area contributed by atoms with Crippen LogP contribution in [-0.2, 0) is 4.79 Å². The summed E-state index contributed by atoms with van der Waals surface area (Å²) in [6, 6.07) is 7.22. The number of aromatic hydroxyl groups is 1. The van der Waals surface area contributed by atoms with Gasteiger partial charge < -0.3 is 26.2 Å². The van der Waals surface area contributed by atoms with Crippen LogP contribution >= 0.6 is 11.3 Å². The van der Waals surface area contributed by atoms with Crippen LogP contribution in [0.5, 0.6) is 5.75 Å². The number of nitrogens with one attached hydrogen (secondary N) is 1. The number of phenols is 1. The lowest BCUT2D eigenvalue weighted by Gasteiger charge is -2.33. The second kappa shape index (κ2) is 7.06. The zero-order chi connectivity index (χ0) is 20.7. The molecular weight excluding hydrogens is 399 g/mol. The number of thiophene rings is 1. The summed E-state index contributed by atoms with van der Waals surface area (Å²) in [6.45, 7) is 0. The molecule has 1 aliphatic rings. The highest BCUT2D eigenvalue weighted by atomic mass is 32.1. The van der Waals surface area contributed by atoms with Crippen molar-refractivity contribution in [3.63, 3.8) is 0 Å². The number of nitrogens with two attached hydrogens (primary N) is 1. The fraction of sp³-hybridized carbons (Fsp3) is 0.105. The molecule has 2 atom stereocenters. The number of phenolic OH excluding ortho intramolecular Hbond substituents is 1. The first-order valence-corrected chi connectivity index (χ1v) is 9.34. The van der Waals surface area contributed by atoms with Gasteiger partial charge in [-0.15, -0.1) is 11.3 Å². The third-order valence-corrected chi connectivity index (χ3v) is 5.54. The SMILES string of the molecule is NC(=O)C(c1ccc(F)c(O)c1)N1c2c(C(=O)O)ccnc2NC1c1cccs1. The minimum atomic E-state index is -1.20. The number of anilines is 2. The number of aromatic carboxylic acids is 1. The van der Waals surface area contributed by atoms with Crippen molar-refractivity contribution < 1.29 is 24.2 Å². The Morgan fingerprint density at radius 1 is 1.31 bits per heavy atom. The number of aromatic nitrogens is 1. The van der Waals surface area contributed by atoms with Crippen LogP contribution in [0.15, 0.2) is 48.0 Å². The highest BCUT2D eigenvalue weighted by molar-refractivity contribution is 7.10. The number of primary amides is 1. The Kier molecular flexibility index (Phi) is 4.55. The van der Waals surface area contributed by atoms with Crippen LogP contribution in [0.25, 0.3) is 0 Å². The quantitative estimate of drug-likeness (QED) is 0.505. The topological polar surface area (TPSA) is 129 Å². The molecular formula is C19H15FN4O4S. The van der Waals surface area contributed by atoms with E-state index in [0.29, 0.717) is 0 Å². The first-order chi connectivity index (χ1) is 13.9. The van der Waals surface area contributed by atoms with Crippen LogP contribution < -0.4 is 16.0 Å². The van der Waals surface area contributed by atoms with Gasteiger partial charge in [0, 0.05) is 11.1 Å². The Morgan fingerprint density at radius 3 is 2.72 bits per heavy atom. The summed E-state index contributed by atoms with van der Waals surface area (Å²) in [5.74, 6) is -3.21. The lowest BCUT2D eigenvalue weighted by molar-refractivity contribution is -0.119. The summed E-state index contributed by atoms with van der Waals surface area (Å²) in [7, 11) is 0. The summed E-state index contributed by atoms with van der Waals surface area (Å²) >= 11 is 1.40. The molecule has 4 rings (SSSR count). The lowest BCUT2D eigenvalue weighted by atomic mass is 10.0. The summed E-state index contributed by atoms with van der Waals surface area (Å²) in [5, 5.41) is 24.4.